The van der Waals surface area contributed by atoms with Crippen LogP contribution in [0.25, 0.3) is 0 Å². The molecule has 88 valence electrons. The first kappa shape index (κ1) is 11.9. The van der Waals surface area contributed by atoms with Gasteiger partial charge in [0, 0.05) is 24.1 Å². The topological polar surface area (TPSA) is 24.9 Å². The summed E-state index contributed by atoms with van der Waals surface area (Å²) in [6.45, 7) is 2.53. The second-order valence-corrected chi connectivity index (χ2v) is 4.20. The lowest BCUT2D eigenvalue weighted by molar-refractivity contribution is 0.627. The minimum absolute atomic E-state index is 0.148. The smallest absolute Gasteiger partial charge is 0.141 e. The first-order chi connectivity index (χ1) is 8.15. The van der Waals surface area contributed by atoms with Crippen molar-refractivity contribution in [1.82, 2.24) is 4.98 Å². The minimum atomic E-state index is -0.393. The molecule has 17 heavy (non-hydrogen) atoms. The summed E-state index contributed by atoms with van der Waals surface area (Å²) >= 11 is 5.71. The van der Waals surface area contributed by atoms with Gasteiger partial charge in [0.1, 0.15) is 5.82 Å². The Kier molecular flexibility index (Phi) is 3.59. The summed E-state index contributed by atoms with van der Waals surface area (Å²) in [6.07, 6.45) is 1.75. The minimum Gasteiger partial charge on any atom is -0.381 e. The van der Waals surface area contributed by atoms with E-state index in [0.717, 1.165) is 16.9 Å². The van der Waals surface area contributed by atoms with E-state index >= 15 is 0 Å². The summed E-state index contributed by atoms with van der Waals surface area (Å²) in [5.74, 6) is -0.393. The molecule has 2 aromatic rings. The van der Waals surface area contributed by atoms with Crippen molar-refractivity contribution in [3.05, 3.63) is 58.6 Å². The van der Waals surface area contributed by atoms with Gasteiger partial charge in [-0.15, -0.1) is 0 Å². The highest BCUT2D eigenvalue weighted by atomic mass is 35.5. The van der Waals surface area contributed by atoms with E-state index in [0.29, 0.717) is 6.54 Å². The number of aryl methyl sites for hydroxylation is 1. The number of rotatable bonds is 3. The maximum atomic E-state index is 13.0. The van der Waals surface area contributed by atoms with Crippen molar-refractivity contribution in [3.63, 3.8) is 0 Å². The van der Waals surface area contributed by atoms with Crippen LogP contribution < -0.4 is 5.32 Å². The highest BCUT2D eigenvalue weighted by molar-refractivity contribution is 6.30. The normalized spacial score (nSPS) is 10.3. The van der Waals surface area contributed by atoms with Crippen LogP contribution in [0.2, 0.25) is 5.02 Å². The number of pyridine rings is 1. The van der Waals surface area contributed by atoms with Gasteiger partial charge in [-0.3, -0.25) is 4.98 Å². The van der Waals surface area contributed by atoms with Crippen LogP contribution in [0.1, 0.15) is 11.3 Å². The Balaban J connectivity index is 2.05. The van der Waals surface area contributed by atoms with Gasteiger partial charge in [-0.2, -0.15) is 0 Å². The zero-order chi connectivity index (χ0) is 12.3. The van der Waals surface area contributed by atoms with Crippen molar-refractivity contribution in [1.29, 1.82) is 0 Å². The molecule has 0 unspecified atom stereocenters. The summed E-state index contributed by atoms with van der Waals surface area (Å²) < 4.78 is 13.0. The van der Waals surface area contributed by atoms with Crippen molar-refractivity contribution in [2.75, 3.05) is 5.32 Å². The average Bonchev–Trinajstić information content (AvgIpc) is 2.31. The Hall–Kier alpha value is -1.61. The number of aromatic nitrogens is 1. The largest absolute Gasteiger partial charge is 0.381 e. The lowest BCUT2D eigenvalue weighted by Gasteiger charge is -2.07. The lowest BCUT2D eigenvalue weighted by atomic mass is 10.2. The van der Waals surface area contributed by atoms with Crippen LogP contribution in [0.15, 0.2) is 36.5 Å². The second-order valence-electron chi connectivity index (χ2n) is 3.79. The van der Waals surface area contributed by atoms with E-state index in [1.807, 2.05) is 19.1 Å². The third-order valence-corrected chi connectivity index (χ3v) is 2.67. The zero-order valence-corrected chi connectivity index (χ0v) is 10.1. The van der Waals surface area contributed by atoms with E-state index in [1.54, 1.807) is 18.3 Å². The standard InChI is InChI=1S/C13H12ClFN2/c1-9-6-11(4-5-16-9)17-8-10-2-3-13(15)12(14)7-10/h2-7H,8H2,1H3,(H,16,17). The molecular weight excluding hydrogens is 239 g/mol. The Morgan fingerprint density at radius 2 is 2.12 bits per heavy atom. The number of hydrogen-bond donors (Lipinski definition) is 1. The van der Waals surface area contributed by atoms with Crippen LogP contribution in [0.3, 0.4) is 0 Å². The molecule has 0 saturated carbocycles. The SMILES string of the molecule is Cc1cc(NCc2ccc(F)c(Cl)c2)ccn1. The van der Waals surface area contributed by atoms with Gasteiger partial charge >= 0.3 is 0 Å². The third-order valence-electron chi connectivity index (χ3n) is 2.38. The fourth-order valence-corrected chi connectivity index (χ4v) is 1.71. The monoisotopic (exact) mass is 250 g/mol. The predicted molar refractivity (Wildman–Crippen MR) is 67.7 cm³/mol. The molecule has 1 aromatic heterocycles. The molecule has 0 fully saturated rings. The summed E-state index contributed by atoms with van der Waals surface area (Å²) in [6, 6.07) is 8.54. The Morgan fingerprint density at radius 3 is 2.82 bits per heavy atom. The van der Waals surface area contributed by atoms with Gasteiger partial charge in [0.15, 0.2) is 0 Å². The zero-order valence-electron chi connectivity index (χ0n) is 9.37. The number of benzene rings is 1. The Labute approximate surface area is 104 Å². The fraction of sp³-hybridized carbons (Fsp3) is 0.154. The predicted octanol–water partition coefficient (Wildman–Crippen LogP) is 3.79. The highest BCUT2D eigenvalue weighted by Crippen LogP contribution is 2.17. The first-order valence-corrected chi connectivity index (χ1v) is 5.63. The number of hydrogen-bond acceptors (Lipinski definition) is 2. The molecular formula is C13H12ClFN2. The Bertz CT molecular complexity index is 529. The molecule has 0 saturated heterocycles. The van der Waals surface area contributed by atoms with Gasteiger partial charge in [-0.05, 0) is 36.8 Å². The number of nitrogens with zero attached hydrogens (tertiary/aromatic N) is 1. The molecule has 0 atom stereocenters. The molecule has 0 aliphatic heterocycles. The van der Waals surface area contributed by atoms with E-state index in [2.05, 4.69) is 10.3 Å². The highest BCUT2D eigenvalue weighted by Gasteiger charge is 2.01. The summed E-state index contributed by atoms with van der Waals surface area (Å²) in [5.41, 5.74) is 2.87. The van der Waals surface area contributed by atoms with E-state index in [4.69, 9.17) is 11.6 Å². The van der Waals surface area contributed by atoms with E-state index in [9.17, 15) is 4.39 Å². The fourth-order valence-electron chi connectivity index (χ4n) is 1.51. The third kappa shape index (κ3) is 3.17. The summed E-state index contributed by atoms with van der Waals surface area (Å²) in [5, 5.41) is 3.38. The van der Waals surface area contributed by atoms with Crippen molar-refractivity contribution in [3.8, 4) is 0 Å². The Morgan fingerprint density at radius 1 is 1.29 bits per heavy atom. The molecule has 0 radical (unpaired) electrons. The molecule has 1 aromatic carbocycles. The molecule has 2 nitrogen and oxygen atoms in total. The van der Waals surface area contributed by atoms with Gasteiger partial charge in [-0.1, -0.05) is 17.7 Å². The lowest BCUT2D eigenvalue weighted by Crippen LogP contribution is -2.00. The molecule has 0 spiro atoms. The molecule has 0 amide bonds. The summed E-state index contributed by atoms with van der Waals surface area (Å²) in [7, 11) is 0. The maximum absolute atomic E-state index is 13.0. The van der Waals surface area contributed by atoms with E-state index < -0.39 is 5.82 Å². The average molecular weight is 251 g/mol. The van der Waals surface area contributed by atoms with Gasteiger partial charge in [0.2, 0.25) is 0 Å². The second kappa shape index (κ2) is 5.15. The van der Waals surface area contributed by atoms with Crippen LogP contribution >= 0.6 is 11.6 Å². The molecule has 4 heteroatoms. The van der Waals surface area contributed by atoms with Crippen molar-refractivity contribution >= 4 is 17.3 Å². The van der Waals surface area contributed by atoms with Crippen LogP contribution in [0, 0.1) is 12.7 Å². The molecule has 0 aliphatic rings. The number of halogens is 2. The van der Waals surface area contributed by atoms with Gasteiger partial charge in [0.05, 0.1) is 5.02 Å². The number of anilines is 1. The quantitative estimate of drug-likeness (QED) is 0.896. The van der Waals surface area contributed by atoms with Crippen LogP contribution in [0.5, 0.6) is 0 Å². The molecule has 1 N–H and O–H groups in total. The van der Waals surface area contributed by atoms with Crippen LogP contribution in [0.4, 0.5) is 10.1 Å². The van der Waals surface area contributed by atoms with Crippen molar-refractivity contribution < 1.29 is 4.39 Å². The first-order valence-electron chi connectivity index (χ1n) is 5.25. The van der Waals surface area contributed by atoms with Gasteiger partial charge in [0.25, 0.3) is 0 Å². The molecule has 1 heterocycles. The molecule has 0 bridgehead atoms. The van der Waals surface area contributed by atoms with Crippen LogP contribution in [-0.4, -0.2) is 4.98 Å². The van der Waals surface area contributed by atoms with Crippen molar-refractivity contribution in [2.24, 2.45) is 0 Å². The summed E-state index contributed by atoms with van der Waals surface area (Å²) in [4.78, 5) is 4.11. The maximum Gasteiger partial charge on any atom is 0.141 e. The van der Waals surface area contributed by atoms with Crippen LogP contribution in [-0.2, 0) is 6.54 Å². The van der Waals surface area contributed by atoms with Crippen molar-refractivity contribution in [2.45, 2.75) is 13.5 Å². The van der Waals surface area contributed by atoms with Gasteiger partial charge < -0.3 is 5.32 Å². The van der Waals surface area contributed by atoms with E-state index in [-0.39, 0.29) is 5.02 Å². The molecule has 0 aliphatic carbocycles. The molecule has 2 rings (SSSR count). The number of nitrogens with one attached hydrogen (secondary N) is 1. The van der Waals surface area contributed by atoms with E-state index in [1.165, 1.54) is 6.07 Å². The van der Waals surface area contributed by atoms with Gasteiger partial charge in [-0.25, -0.2) is 4.39 Å².